The summed E-state index contributed by atoms with van der Waals surface area (Å²) in [6.07, 6.45) is 2.49. The average molecular weight is 324 g/mol. The Balaban J connectivity index is 1.99. The smallest absolute Gasteiger partial charge is 0.308 e. The molecule has 0 aromatic carbocycles. The van der Waals surface area contributed by atoms with Crippen LogP contribution in [0, 0.1) is 11.3 Å². The molecule has 0 bridgehead atoms. The molecule has 6 heteroatoms. The summed E-state index contributed by atoms with van der Waals surface area (Å²) in [5.41, 5.74) is -3.98. The zero-order valence-corrected chi connectivity index (χ0v) is 14.2. The van der Waals surface area contributed by atoms with Crippen molar-refractivity contribution in [3.05, 3.63) is 0 Å². The van der Waals surface area contributed by atoms with E-state index in [1.807, 2.05) is 0 Å². The predicted octanol–water partition coefficient (Wildman–Crippen LogP) is 3.73. The minimum Gasteiger partial charge on any atom is -0.308 e. The first kappa shape index (κ1) is 17.4. The van der Waals surface area contributed by atoms with Crippen LogP contribution < -0.4 is 5.32 Å². The Labute approximate surface area is 130 Å². The lowest BCUT2D eigenvalue weighted by Crippen LogP contribution is -2.66. The fraction of sp³-hybridized carbons (Fsp3) is 1.00. The number of nitrogens with one attached hydrogen (secondary N) is 1. The molecule has 2 unspecified atom stereocenters. The summed E-state index contributed by atoms with van der Waals surface area (Å²) >= 11 is 0.102. The van der Waals surface area contributed by atoms with Crippen molar-refractivity contribution in [1.82, 2.24) is 10.2 Å². The largest absolute Gasteiger partial charge is 0.441 e. The molecule has 2 nitrogen and oxygen atoms in total. The zero-order valence-electron chi connectivity index (χ0n) is 13.4. The molecule has 0 spiro atoms. The number of hydrogen-bond acceptors (Lipinski definition) is 3. The van der Waals surface area contributed by atoms with Gasteiger partial charge in [-0.1, -0.05) is 20.8 Å². The van der Waals surface area contributed by atoms with Crippen molar-refractivity contribution in [2.75, 3.05) is 25.4 Å². The van der Waals surface area contributed by atoms with Gasteiger partial charge in [0.2, 0.25) is 0 Å². The molecule has 1 aliphatic carbocycles. The molecule has 2 rings (SSSR count). The van der Waals surface area contributed by atoms with Crippen molar-refractivity contribution in [1.29, 1.82) is 0 Å². The SMILES string of the molecule is CC(C)(C)C1CNC(C)(C2CC2)CN1CCSC(F)(F)F. The number of alkyl halides is 3. The van der Waals surface area contributed by atoms with Crippen LogP contribution in [0.1, 0.15) is 40.5 Å². The van der Waals surface area contributed by atoms with E-state index in [0.29, 0.717) is 12.5 Å². The van der Waals surface area contributed by atoms with Crippen molar-refractivity contribution in [3.63, 3.8) is 0 Å². The van der Waals surface area contributed by atoms with Gasteiger partial charge in [0.25, 0.3) is 0 Å². The quantitative estimate of drug-likeness (QED) is 0.848. The Morgan fingerprint density at radius 1 is 1.24 bits per heavy atom. The van der Waals surface area contributed by atoms with Gasteiger partial charge in [-0.3, -0.25) is 4.90 Å². The van der Waals surface area contributed by atoms with Crippen molar-refractivity contribution >= 4 is 11.8 Å². The van der Waals surface area contributed by atoms with Crippen LogP contribution >= 0.6 is 11.8 Å². The van der Waals surface area contributed by atoms with Crippen LogP contribution in [0.5, 0.6) is 0 Å². The third kappa shape index (κ3) is 4.76. The molecule has 2 fully saturated rings. The van der Waals surface area contributed by atoms with E-state index in [1.54, 1.807) is 0 Å². The van der Waals surface area contributed by atoms with E-state index in [4.69, 9.17) is 0 Å². The summed E-state index contributed by atoms with van der Waals surface area (Å²) in [6, 6.07) is 0.290. The first-order valence-electron chi connectivity index (χ1n) is 7.71. The van der Waals surface area contributed by atoms with Gasteiger partial charge in [0.05, 0.1) is 0 Å². The Hall–Kier alpha value is 0.0600. The first-order valence-corrected chi connectivity index (χ1v) is 8.70. The monoisotopic (exact) mass is 324 g/mol. The second-order valence-electron chi connectivity index (χ2n) is 7.72. The lowest BCUT2D eigenvalue weighted by molar-refractivity contribution is -0.0332. The third-order valence-electron chi connectivity index (χ3n) is 4.79. The second kappa shape index (κ2) is 5.93. The topological polar surface area (TPSA) is 15.3 Å². The lowest BCUT2D eigenvalue weighted by atomic mass is 9.81. The molecule has 0 aromatic rings. The van der Waals surface area contributed by atoms with Gasteiger partial charge in [0.15, 0.2) is 0 Å². The first-order chi connectivity index (χ1) is 9.51. The molecular weight excluding hydrogens is 297 g/mol. The van der Waals surface area contributed by atoms with Gasteiger partial charge >= 0.3 is 5.51 Å². The van der Waals surface area contributed by atoms with E-state index >= 15 is 0 Å². The number of halogens is 3. The normalized spacial score (nSPS) is 32.4. The van der Waals surface area contributed by atoms with E-state index in [-0.39, 0.29) is 34.5 Å². The maximum absolute atomic E-state index is 12.4. The van der Waals surface area contributed by atoms with Gasteiger partial charge in [-0.05, 0) is 42.9 Å². The lowest BCUT2D eigenvalue weighted by Gasteiger charge is -2.51. The Bertz CT molecular complexity index is 363. The van der Waals surface area contributed by atoms with Crippen LogP contribution in [0.15, 0.2) is 0 Å². The van der Waals surface area contributed by atoms with Crippen LogP contribution in [-0.2, 0) is 0 Å². The van der Waals surface area contributed by atoms with E-state index in [1.165, 1.54) is 12.8 Å². The molecule has 1 saturated heterocycles. The maximum Gasteiger partial charge on any atom is 0.441 e. The van der Waals surface area contributed by atoms with E-state index in [2.05, 4.69) is 37.9 Å². The second-order valence-corrected chi connectivity index (χ2v) is 8.88. The number of thioether (sulfide) groups is 1. The van der Waals surface area contributed by atoms with Crippen LogP contribution in [0.4, 0.5) is 13.2 Å². The third-order valence-corrected chi connectivity index (χ3v) is 5.51. The average Bonchev–Trinajstić information content (AvgIpc) is 3.09. The molecule has 0 amide bonds. The summed E-state index contributed by atoms with van der Waals surface area (Å²) in [5.74, 6) is 0.813. The highest BCUT2D eigenvalue weighted by Crippen LogP contribution is 2.43. The molecule has 1 aliphatic heterocycles. The minimum absolute atomic E-state index is 0.0702. The summed E-state index contributed by atoms with van der Waals surface area (Å²) in [6.45, 7) is 11.0. The summed E-state index contributed by atoms with van der Waals surface area (Å²) in [5, 5.41) is 3.68. The molecule has 1 saturated carbocycles. The summed E-state index contributed by atoms with van der Waals surface area (Å²) in [4.78, 5) is 2.29. The van der Waals surface area contributed by atoms with Crippen molar-refractivity contribution in [3.8, 4) is 0 Å². The van der Waals surface area contributed by atoms with E-state index in [0.717, 1.165) is 13.1 Å². The molecule has 0 aromatic heterocycles. The molecule has 1 N–H and O–H groups in total. The van der Waals surface area contributed by atoms with Gasteiger partial charge in [-0.15, -0.1) is 0 Å². The van der Waals surface area contributed by atoms with Gasteiger partial charge in [0, 0.05) is 37.0 Å². The molecule has 0 radical (unpaired) electrons. The van der Waals surface area contributed by atoms with E-state index < -0.39 is 5.51 Å². The van der Waals surface area contributed by atoms with Crippen LogP contribution in [0.3, 0.4) is 0 Å². The highest BCUT2D eigenvalue weighted by Gasteiger charge is 2.47. The molecular formula is C15H27F3N2S. The minimum atomic E-state index is -4.12. The zero-order chi connectivity index (χ0) is 15.9. The number of hydrogen-bond donors (Lipinski definition) is 1. The summed E-state index contributed by atoms with van der Waals surface area (Å²) < 4.78 is 37.1. The Morgan fingerprint density at radius 2 is 1.86 bits per heavy atom. The van der Waals surface area contributed by atoms with Crippen molar-refractivity contribution < 1.29 is 13.2 Å². The summed E-state index contributed by atoms with van der Waals surface area (Å²) in [7, 11) is 0. The predicted molar refractivity (Wildman–Crippen MR) is 82.5 cm³/mol. The molecule has 124 valence electrons. The number of rotatable bonds is 4. The maximum atomic E-state index is 12.4. The Morgan fingerprint density at radius 3 is 2.33 bits per heavy atom. The molecule has 2 atom stereocenters. The number of nitrogens with zero attached hydrogens (tertiary/aromatic N) is 1. The highest BCUT2D eigenvalue weighted by molar-refractivity contribution is 8.00. The van der Waals surface area contributed by atoms with Gasteiger partial charge in [-0.25, -0.2) is 0 Å². The van der Waals surface area contributed by atoms with Gasteiger partial charge in [0.1, 0.15) is 0 Å². The van der Waals surface area contributed by atoms with Crippen LogP contribution in [0.25, 0.3) is 0 Å². The fourth-order valence-corrected chi connectivity index (χ4v) is 3.97. The van der Waals surface area contributed by atoms with Crippen LogP contribution in [0.2, 0.25) is 0 Å². The number of piperazine rings is 1. The Kier molecular flexibility index (Phi) is 4.92. The van der Waals surface area contributed by atoms with Crippen LogP contribution in [-0.4, -0.2) is 47.4 Å². The van der Waals surface area contributed by atoms with Crippen molar-refractivity contribution in [2.24, 2.45) is 11.3 Å². The highest BCUT2D eigenvalue weighted by atomic mass is 32.2. The molecule has 1 heterocycles. The molecule has 21 heavy (non-hydrogen) atoms. The van der Waals surface area contributed by atoms with Gasteiger partial charge in [-0.2, -0.15) is 13.2 Å². The van der Waals surface area contributed by atoms with Crippen molar-refractivity contribution in [2.45, 2.75) is 57.6 Å². The van der Waals surface area contributed by atoms with Gasteiger partial charge < -0.3 is 5.32 Å². The van der Waals surface area contributed by atoms with E-state index in [9.17, 15) is 13.2 Å². The standard InChI is InChI=1S/C15H27F3N2S/c1-13(2,3)12-9-19-14(4,11-5-6-11)10-20(12)7-8-21-15(16,17)18/h11-12,19H,5-10H2,1-4H3. The fourth-order valence-electron chi connectivity index (χ4n) is 3.41. The molecule has 2 aliphatic rings.